The number of methoxy groups -OCH3 is 1. The van der Waals surface area contributed by atoms with Crippen LogP contribution in [0.25, 0.3) is 0 Å². The summed E-state index contributed by atoms with van der Waals surface area (Å²) in [6.45, 7) is 4.14. The van der Waals surface area contributed by atoms with Gasteiger partial charge in [-0.2, -0.15) is 0 Å². The first kappa shape index (κ1) is 13.2. The van der Waals surface area contributed by atoms with Crippen LogP contribution >= 0.6 is 0 Å². The number of esters is 1. The molecule has 6 heteroatoms. The smallest absolute Gasteiger partial charge is 0.325 e. The van der Waals surface area contributed by atoms with Crippen molar-refractivity contribution >= 4 is 11.8 Å². The highest BCUT2D eigenvalue weighted by atomic mass is 16.5. The van der Waals surface area contributed by atoms with Gasteiger partial charge in [-0.1, -0.05) is 0 Å². The van der Waals surface area contributed by atoms with Crippen LogP contribution in [0.4, 0.5) is 5.82 Å². The number of rotatable bonds is 5. The van der Waals surface area contributed by atoms with Crippen LogP contribution in [0.3, 0.4) is 0 Å². The van der Waals surface area contributed by atoms with E-state index in [-0.39, 0.29) is 12.5 Å². The highest BCUT2D eigenvalue weighted by molar-refractivity contribution is 5.75. The van der Waals surface area contributed by atoms with Crippen LogP contribution in [0.1, 0.15) is 12.5 Å². The van der Waals surface area contributed by atoms with Crippen LogP contribution < -0.4 is 9.64 Å². The maximum absolute atomic E-state index is 11.4. The summed E-state index contributed by atoms with van der Waals surface area (Å²) in [4.78, 5) is 21.2. The van der Waals surface area contributed by atoms with Crippen molar-refractivity contribution in [3.8, 4) is 5.88 Å². The molecule has 94 valence electrons. The zero-order valence-corrected chi connectivity index (χ0v) is 10.6. The molecular formula is C11H17N3O3. The Hall–Kier alpha value is -1.85. The molecule has 1 heterocycles. The Morgan fingerprint density at radius 2 is 2.18 bits per heavy atom. The number of hydrogen-bond acceptors (Lipinski definition) is 6. The fraction of sp³-hybridized carbons (Fsp3) is 0.545. The molecule has 1 rings (SSSR count). The Labute approximate surface area is 101 Å². The lowest BCUT2D eigenvalue weighted by Crippen LogP contribution is -2.28. The summed E-state index contributed by atoms with van der Waals surface area (Å²) in [6.07, 6.45) is 1.41. The van der Waals surface area contributed by atoms with Gasteiger partial charge in [-0.15, -0.1) is 0 Å². The van der Waals surface area contributed by atoms with E-state index in [0.29, 0.717) is 18.3 Å². The molecule has 6 nitrogen and oxygen atoms in total. The molecule has 0 amide bonds. The van der Waals surface area contributed by atoms with Gasteiger partial charge >= 0.3 is 5.97 Å². The molecule has 0 aliphatic heterocycles. The zero-order chi connectivity index (χ0) is 12.8. The standard InChI is InChI=1S/C11H17N3O3/c1-5-17-9(15)6-14(3)10-8(2)11(16-4)13-7-12-10/h7H,5-6H2,1-4H3. The van der Waals surface area contributed by atoms with E-state index < -0.39 is 0 Å². The summed E-state index contributed by atoms with van der Waals surface area (Å²) >= 11 is 0. The lowest BCUT2D eigenvalue weighted by Gasteiger charge is -2.19. The van der Waals surface area contributed by atoms with Gasteiger partial charge in [-0.3, -0.25) is 4.79 Å². The van der Waals surface area contributed by atoms with Gasteiger partial charge in [0.05, 0.1) is 19.3 Å². The first-order valence-electron chi connectivity index (χ1n) is 5.32. The van der Waals surface area contributed by atoms with Crippen molar-refractivity contribution in [1.82, 2.24) is 9.97 Å². The average Bonchev–Trinajstić information content (AvgIpc) is 2.29. The van der Waals surface area contributed by atoms with E-state index in [1.54, 1.807) is 26.0 Å². The highest BCUT2D eigenvalue weighted by Gasteiger charge is 2.14. The predicted octanol–water partition coefficient (Wildman–Crippen LogP) is 0.793. The van der Waals surface area contributed by atoms with Crippen molar-refractivity contribution in [2.45, 2.75) is 13.8 Å². The summed E-state index contributed by atoms with van der Waals surface area (Å²) in [5.74, 6) is 0.877. The number of carbonyl (C=O) groups is 1. The number of aromatic nitrogens is 2. The normalized spacial score (nSPS) is 9.88. The van der Waals surface area contributed by atoms with Crippen molar-refractivity contribution < 1.29 is 14.3 Å². The number of carbonyl (C=O) groups excluding carboxylic acids is 1. The molecule has 0 fully saturated rings. The molecule has 0 aromatic carbocycles. The summed E-state index contributed by atoms with van der Waals surface area (Å²) in [6, 6.07) is 0. The second-order valence-corrected chi connectivity index (χ2v) is 3.49. The molecule has 0 radical (unpaired) electrons. The second-order valence-electron chi connectivity index (χ2n) is 3.49. The minimum atomic E-state index is -0.285. The minimum Gasteiger partial charge on any atom is -0.481 e. The maximum Gasteiger partial charge on any atom is 0.325 e. The molecule has 0 bridgehead atoms. The monoisotopic (exact) mass is 239 g/mol. The number of nitrogens with zero attached hydrogens (tertiary/aromatic N) is 3. The van der Waals surface area contributed by atoms with Crippen molar-refractivity contribution in [2.75, 3.05) is 32.2 Å². The van der Waals surface area contributed by atoms with Crippen LogP contribution in [-0.4, -0.2) is 43.2 Å². The van der Waals surface area contributed by atoms with Crippen molar-refractivity contribution in [1.29, 1.82) is 0 Å². The summed E-state index contributed by atoms with van der Waals surface area (Å²) in [5, 5.41) is 0. The molecule has 0 N–H and O–H groups in total. The lowest BCUT2D eigenvalue weighted by molar-refractivity contribution is -0.141. The second kappa shape index (κ2) is 6.03. The molecule has 0 aliphatic rings. The van der Waals surface area contributed by atoms with E-state index in [1.807, 2.05) is 6.92 Å². The quantitative estimate of drug-likeness (QED) is 0.708. The molecule has 0 saturated carbocycles. The molecular weight excluding hydrogens is 222 g/mol. The molecule has 0 atom stereocenters. The van der Waals surface area contributed by atoms with Crippen LogP contribution in [0.2, 0.25) is 0 Å². The molecule has 0 unspecified atom stereocenters. The fourth-order valence-electron chi connectivity index (χ4n) is 1.49. The number of ether oxygens (including phenoxy) is 2. The van der Waals surface area contributed by atoms with E-state index in [4.69, 9.17) is 9.47 Å². The Morgan fingerprint density at radius 3 is 2.76 bits per heavy atom. The average molecular weight is 239 g/mol. The number of hydrogen-bond donors (Lipinski definition) is 0. The van der Waals surface area contributed by atoms with Gasteiger partial charge in [0, 0.05) is 7.05 Å². The third kappa shape index (κ3) is 3.30. The minimum absolute atomic E-state index is 0.148. The van der Waals surface area contributed by atoms with Gasteiger partial charge in [0.2, 0.25) is 5.88 Å². The van der Waals surface area contributed by atoms with Gasteiger partial charge < -0.3 is 14.4 Å². The molecule has 17 heavy (non-hydrogen) atoms. The largest absolute Gasteiger partial charge is 0.481 e. The third-order valence-corrected chi connectivity index (χ3v) is 2.24. The Morgan fingerprint density at radius 1 is 1.47 bits per heavy atom. The van der Waals surface area contributed by atoms with Crippen molar-refractivity contribution in [3.05, 3.63) is 11.9 Å². The van der Waals surface area contributed by atoms with Crippen molar-refractivity contribution in [3.63, 3.8) is 0 Å². The lowest BCUT2D eigenvalue weighted by atomic mass is 10.3. The van der Waals surface area contributed by atoms with E-state index in [2.05, 4.69) is 9.97 Å². The molecule has 0 saturated heterocycles. The van der Waals surface area contributed by atoms with Crippen LogP contribution in [0.5, 0.6) is 5.88 Å². The molecule has 1 aromatic heterocycles. The van der Waals surface area contributed by atoms with E-state index in [0.717, 1.165) is 5.56 Å². The number of anilines is 1. The van der Waals surface area contributed by atoms with Gasteiger partial charge in [-0.05, 0) is 13.8 Å². The van der Waals surface area contributed by atoms with Gasteiger partial charge in [0.15, 0.2) is 0 Å². The SMILES string of the molecule is CCOC(=O)CN(C)c1ncnc(OC)c1C. The van der Waals surface area contributed by atoms with Gasteiger partial charge in [-0.25, -0.2) is 9.97 Å². The van der Waals surface area contributed by atoms with Gasteiger partial charge in [0.1, 0.15) is 18.7 Å². The summed E-state index contributed by atoms with van der Waals surface area (Å²) < 4.78 is 9.97. The highest BCUT2D eigenvalue weighted by Crippen LogP contribution is 2.22. The Bertz CT molecular complexity index is 396. The van der Waals surface area contributed by atoms with E-state index >= 15 is 0 Å². The Balaban J connectivity index is 2.81. The van der Waals surface area contributed by atoms with Crippen molar-refractivity contribution in [2.24, 2.45) is 0 Å². The maximum atomic E-state index is 11.4. The number of likely N-dealkylation sites (N-methyl/N-ethyl adjacent to an activating group) is 1. The molecule has 0 aliphatic carbocycles. The summed E-state index contributed by atoms with van der Waals surface area (Å²) in [5.41, 5.74) is 0.793. The zero-order valence-electron chi connectivity index (χ0n) is 10.6. The predicted molar refractivity (Wildman–Crippen MR) is 63.2 cm³/mol. The summed E-state index contributed by atoms with van der Waals surface area (Å²) in [7, 11) is 3.32. The molecule has 1 aromatic rings. The van der Waals surface area contributed by atoms with Gasteiger partial charge in [0.25, 0.3) is 0 Å². The van der Waals surface area contributed by atoms with Crippen LogP contribution in [-0.2, 0) is 9.53 Å². The Kier molecular flexibility index (Phi) is 4.68. The van der Waals surface area contributed by atoms with E-state index in [1.165, 1.54) is 6.33 Å². The topological polar surface area (TPSA) is 64.5 Å². The van der Waals surface area contributed by atoms with E-state index in [9.17, 15) is 4.79 Å². The first-order valence-corrected chi connectivity index (χ1v) is 5.32. The first-order chi connectivity index (χ1) is 8.10. The third-order valence-electron chi connectivity index (χ3n) is 2.24. The fourth-order valence-corrected chi connectivity index (χ4v) is 1.49. The van der Waals surface area contributed by atoms with Crippen LogP contribution in [0.15, 0.2) is 6.33 Å². The van der Waals surface area contributed by atoms with Crippen LogP contribution in [0, 0.1) is 6.92 Å². The molecule has 0 spiro atoms.